The van der Waals surface area contributed by atoms with Crippen LogP contribution in [0.1, 0.15) is 24.9 Å². The normalized spacial score (nSPS) is 22.4. The molecule has 88 valence electrons. The van der Waals surface area contributed by atoms with E-state index in [2.05, 4.69) is 29.2 Å². The van der Waals surface area contributed by atoms with E-state index >= 15 is 0 Å². The van der Waals surface area contributed by atoms with Crippen molar-refractivity contribution in [1.82, 2.24) is 0 Å². The first-order chi connectivity index (χ1) is 7.70. The van der Waals surface area contributed by atoms with Crippen molar-refractivity contribution in [3.05, 3.63) is 29.8 Å². The molecule has 0 aliphatic carbocycles. The molecule has 1 heterocycles. The predicted molar refractivity (Wildman–Crippen MR) is 66.7 cm³/mol. The summed E-state index contributed by atoms with van der Waals surface area (Å²) in [5, 5.41) is 0. The molecule has 1 unspecified atom stereocenters. The van der Waals surface area contributed by atoms with Crippen LogP contribution in [0.4, 0.5) is 5.69 Å². The van der Waals surface area contributed by atoms with E-state index < -0.39 is 0 Å². The maximum absolute atomic E-state index is 5.83. The first-order valence-electron chi connectivity index (χ1n) is 5.84. The summed E-state index contributed by atoms with van der Waals surface area (Å²) in [5.74, 6) is 0. The van der Waals surface area contributed by atoms with Gasteiger partial charge < -0.3 is 15.4 Å². The van der Waals surface area contributed by atoms with Crippen molar-refractivity contribution < 1.29 is 4.74 Å². The standard InChI is InChI=1S/C13H20N2O/c1-10(14)11-3-5-12(6-4-11)15-8-7-13(9-15)16-2/h3-6,10,13H,7-9,14H2,1-2H3/t10-,13?/m0/s1. The Morgan fingerprint density at radius 2 is 2.06 bits per heavy atom. The number of hydrogen-bond acceptors (Lipinski definition) is 3. The highest BCUT2D eigenvalue weighted by Gasteiger charge is 2.21. The lowest BCUT2D eigenvalue weighted by molar-refractivity contribution is 0.121. The minimum atomic E-state index is 0.111. The summed E-state index contributed by atoms with van der Waals surface area (Å²) in [6.45, 7) is 4.08. The fourth-order valence-electron chi connectivity index (χ4n) is 2.14. The Morgan fingerprint density at radius 1 is 1.38 bits per heavy atom. The third-order valence-electron chi connectivity index (χ3n) is 3.26. The lowest BCUT2D eigenvalue weighted by atomic mass is 10.1. The first-order valence-corrected chi connectivity index (χ1v) is 5.84. The van der Waals surface area contributed by atoms with Gasteiger partial charge in [0.15, 0.2) is 0 Å². The van der Waals surface area contributed by atoms with Crippen molar-refractivity contribution >= 4 is 5.69 Å². The molecule has 16 heavy (non-hydrogen) atoms. The van der Waals surface area contributed by atoms with E-state index in [1.165, 1.54) is 11.3 Å². The van der Waals surface area contributed by atoms with Crippen LogP contribution in [0.25, 0.3) is 0 Å². The molecule has 3 heteroatoms. The number of hydrogen-bond donors (Lipinski definition) is 1. The average Bonchev–Trinajstić information content (AvgIpc) is 2.77. The minimum Gasteiger partial charge on any atom is -0.380 e. The Bertz CT molecular complexity index is 334. The summed E-state index contributed by atoms with van der Waals surface area (Å²) in [5.41, 5.74) is 8.28. The molecule has 1 saturated heterocycles. The maximum atomic E-state index is 5.83. The van der Waals surface area contributed by atoms with E-state index in [9.17, 15) is 0 Å². The highest BCUT2D eigenvalue weighted by molar-refractivity contribution is 5.49. The van der Waals surface area contributed by atoms with Crippen molar-refractivity contribution in [3.63, 3.8) is 0 Å². The second-order valence-electron chi connectivity index (χ2n) is 4.47. The lowest BCUT2D eigenvalue weighted by Crippen LogP contribution is -2.22. The lowest BCUT2D eigenvalue weighted by Gasteiger charge is -2.19. The zero-order valence-electron chi connectivity index (χ0n) is 10.0. The molecule has 2 atom stereocenters. The van der Waals surface area contributed by atoms with Crippen LogP contribution in [0.5, 0.6) is 0 Å². The number of nitrogens with zero attached hydrogens (tertiary/aromatic N) is 1. The van der Waals surface area contributed by atoms with Gasteiger partial charge in [0.25, 0.3) is 0 Å². The number of nitrogens with two attached hydrogens (primary N) is 1. The third-order valence-corrected chi connectivity index (χ3v) is 3.26. The monoisotopic (exact) mass is 220 g/mol. The van der Waals surface area contributed by atoms with Crippen LogP contribution in [0.2, 0.25) is 0 Å². The molecule has 0 spiro atoms. The van der Waals surface area contributed by atoms with Gasteiger partial charge in [0.05, 0.1) is 6.10 Å². The number of methoxy groups -OCH3 is 1. The smallest absolute Gasteiger partial charge is 0.0762 e. The maximum Gasteiger partial charge on any atom is 0.0762 e. The van der Waals surface area contributed by atoms with Gasteiger partial charge in [0.1, 0.15) is 0 Å². The molecule has 2 rings (SSSR count). The van der Waals surface area contributed by atoms with Crippen molar-refractivity contribution in [2.75, 3.05) is 25.1 Å². The summed E-state index contributed by atoms with van der Waals surface area (Å²) in [6.07, 6.45) is 1.50. The molecule has 0 saturated carbocycles. The van der Waals surface area contributed by atoms with Crippen LogP contribution in [0.3, 0.4) is 0 Å². The second-order valence-corrected chi connectivity index (χ2v) is 4.47. The molecule has 1 aliphatic rings. The van der Waals surface area contributed by atoms with E-state index in [1.807, 2.05) is 6.92 Å². The van der Waals surface area contributed by atoms with Crippen LogP contribution in [-0.2, 0) is 4.74 Å². The van der Waals surface area contributed by atoms with Crippen molar-refractivity contribution in [2.24, 2.45) is 5.73 Å². The fourth-order valence-corrected chi connectivity index (χ4v) is 2.14. The molecule has 3 nitrogen and oxygen atoms in total. The predicted octanol–water partition coefficient (Wildman–Crippen LogP) is 1.93. The summed E-state index contributed by atoms with van der Waals surface area (Å²) in [6, 6.07) is 8.63. The molecule has 0 radical (unpaired) electrons. The molecular weight excluding hydrogens is 200 g/mol. The third kappa shape index (κ3) is 2.36. The van der Waals surface area contributed by atoms with Crippen molar-refractivity contribution in [2.45, 2.75) is 25.5 Å². The van der Waals surface area contributed by atoms with E-state index in [4.69, 9.17) is 10.5 Å². The quantitative estimate of drug-likeness (QED) is 0.846. The SMILES string of the molecule is COC1CCN(c2ccc([C@H](C)N)cc2)C1. The van der Waals surface area contributed by atoms with Gasteiger partial charge in [-0.2, -0.15) is 0 Å². The van der Waals surface area contributed by atoms with Gasteiger partial charge in [-0.05, 0) is 31.0 Å². The molecule has 1 aromatic carbocycles. The Kier molecular flexibility index (Phi) is 3.46. The van der Waals surface area contributed by atoms with Gasteiger partial charge in [-0.15, -0.1) is 0 Å². The molecule has 1 aromatic rings. The summed E-state index contributed by atoms with van der Waals surface area (Å²) >= 11 is 0. The van der Waals surface area contributed by atoms with Gasteiger partial charge in [0, 0.05) is 31.9 Å². The van der Waals surface area contributed by atoms with Gasteiger partial charge in [0.2, 0.25) is 0 Å². The Labute approximate surface area is 97.2 Å². The second kappa shape index (κ2) is 4.85. The molecule has 0 amide bonds. The number of ether oxygens (including phenoxy) is 1. The van der Waals surface area contributed by atoms with Crippen LogP contribution in [0, 0.1) is 0 Å². The zero-order chi connectivity index (χ0) is 11.5. The number of benzene rings is 1. The van der Waals surface area contributed by atoms with Crippen LogP contribution < -0.4 is 10.6 Å². The highest BCUT2D eigenvalue weighted by atomic mass is 16.5. The van der Waals surface area contributed by atoms with E-state index in [0.717, 1.165) is 19.5 Å². The van der Waals surface area contributed by atoms with E-state index in [1.54, 1.807) is 7.11 Å². The van der Waals surface area contributed by atoms with E-state index in [-0.39, 0.29) is 6.04 Å². The largest absolute Gasteiger partial charge is 0.380 e. The molecular formula is C13H20N2O. The van der Waals surface area contributed by atoms with Gasteiger partial charge in [-0.1, -0.05) is 12.1 Å². The fraction of sp³-hybridized carbons (Fsp3) is 0.538. The summed E-state index contributed by atoms with van der Waals surface area (Å²) in [4.78, 5) is 2.36. The van der Waals surface area contributed by atoms with Crippen molar-refractivity contribution in [1.29, 1.82) is 0 Å². The summed E-state index contributed by atoms with van der Waals surface area (Å²) < 4.78 is 5.36. The Hall–Kier alpha value is -1.06. The Balaban J connectivity index is 2.05. The van der Waals surface area contributed by atoms with Gasteiger partial charge in [-0.3, -0.25) is 0 Å². The van der Waals surface area contributed by atoms with Gasteiger partial charge in [-0.25, -0.2) is 0 Å². The van der Waals surface area contributed by atoms with Crippen LogP contribution >= 0.6 is 0 Å². The van der Waals surface area contributed by atoms with E-state index in [0.29, 0.717) is 6.10 Å². The topological polar surface area (TPSA) is 38.5 Å². The van der Waals surface area contributed by atoms with Gasteiger partial charge >= 0.3 is 0 Å². The number of rotatable bonds is 3. The minimum absolute atomic E-state index is 0.111. The molecule has 1 fully saturated rings. The Morgan fingerprint density at radius 3 is 2.56 bits per heavy atom. The zero-order valence-corrected chi connectivity index (χ0v) is 10.0. The average molecular weight is 220 g/mol. The molecule has 0 aromatic heterocycles. The molecule has 0 bridgehead atoms. The van der Waals surface area contributed by atoms with Crippen LogP contribution in [-0.4, -0.2) is 26.3 Å². The van der Waals surface area contributed by atoms with Crippen molar-refractivity contribution in [3.8, 4) is 0 Å². The highest BCUT2D eigenvalue weighted by Crippen LogP contribution is 2.23. The summed E-state index contributed by atoms with van der Waals surface area (Å²) in [7, 11) is 1.79. The van der Waals surface area contributed by atoms with Crippen LogP contribution in [0.15, 0.2) is 24.3 Å². The molecule has 1 aliphatic heterocycles. The first kappa shape index (κ1) is 11.4. The molecule has 2 N–H and O–H groups in total. The number of anilines is 1.